The van der Waals surface area contributed by atoms with Crippen molar-refractivity contribution in [3.63, 3.8) is 0 Å². The maximum atomic E-state index is 12.9. The van der Waals surface area contributed by atoms with E-state index in [4.69, 9.17) is 16.3 Å². The van der Waals surface area contributed by atoms with Crippen LogP contribution in [0.4, 0.5) is 11.4 Å². The average molecular weight is 467 g/mol. The Balaban J connectivity index is 1.74. The second-order valence-electron chi connectivity index (χ2n) is 7.22. The van der Waals surface area contributed by atoms with E-state index in [0.29, 0.717) is 5.69 Å². The van der Waals surface area contributed by atoms with Crippen molar-refractivity contribution in [2.75, 3.05) is 11.9 Å². The van der Waals surface area contributed by atoms with Gasteiger partial charge in [0.15, 0.2) is 12.4 Å². The third kappa shape index (κ3) is 5.61. The Labute approximate surface area is 194 Å². The Morgan fingerprint density at radius 2 is 1.67 bits per heavy atom. The summed E-state index contributed by atoms with van der Waals surface area (Å²) in [6.07, 6.45) is 0. The van der Waals surface area contributed by atoms with Crippen molar-refractivity contribution >= 4 is 40.6 Å². The lowest BCUT2D eigenvalue weighted by atomic mass is 9.98. The van der Waals surface area contributed by atoms with Crippen LogP contribution in [0.2, 0.25) is 5.02 Å². The van der Waals surface area contributed by atoms with E-state index in [1.54, 1.807) is 18.2 Å². The molecule has 0 saturated carbocycles. The molecule has 0 aliphatic carbocycles. The number of nitro benzene ring substituents is 1. The van der Waals surface area contributed by atoms with Gasteiger partial charge in [-0.2, -0.15) is 0 Å². The highest BCUT2D eigenvalue weighted by molar-refractivity contribution is 6.33. The van der Waals surface area contributed by atoms with Crippen molar-refractivity contribution in [2.45, 2.75) is 13.8 Å². The average Bonchev–Trinajstić information content (AvgIpc) is 2.79. The number of nitrogens with one attached hydrogen (secondary N) is 1. The van der Waals surface area contributed by atoms with Gasteiger partial charge < -0.3 is 10.1 Å². The Hall–Kier alpha value is -4.04. The maximum absolute atomic E-state index is 12.9. The molecule has 0 atom stereocenters. The fourth-order valence-electron chi connectivity index (χ4n) is 3.03. The van der Waals surface area contributed by atoms with Gasteiger partial charge in [0.2, 0.25) is 0 Å². The van der Waals surface area contributed by atoms with Crippen LogP contribution in [-0.4, -0.2) is 29.2 Å². The number of rotatable bonds is 7. The van der Waals surface area contributed by atoms with Crippen molar-refractivity contribution in [3.05, 3.63) is 104 Å². The maximum Gasteiger partial charge on any atom is 0.339 e. The standard InChI is InChI=1S/C24H19ClN2O6/c1-14-7-9-17(11-15(14)2)26-22(28)13-33-24(30)19-6-4-3-5-18(19)23(29)16-8-10-20(25)21(12-16)27(31)32/h3-12H,13H2,1-2H3,(H,26,28). The van der Waals surface area contributed by atoms with E-state index in [2.05, 4.69) is 5.32 Å². The van der Waals surface area contributed by atoms with E-state index < -0.39 is 34.9 Å². The van der Waals surface area contributed by atoms with Crippen LogP contribution in [0.1, 0.15) is 37.4 Å². The van der Waals surface area contributed by atoms with E-state index in [-0.39, 0.29) is 21.7 Å². The van der Waals surface area contributed by atoms with Crippen LogP contribution in [0.3, 0.4) is 0 Å². The zero-order chi connectivity index (χ0) is 24.1. The summed E-state index contributed by atoms with van der Waals surface area (Å²) >= 11 is 5.80. The Bertz CT molecular complexity index is 1270. The number of benzene rings is 3. The van der Waals surface area contributed by atoms with Gasteiger partial charge in [0.1, 0.15) is 5.02 Å². The molecule has 3 rings (SSSR count). The molecule has 0 radical (unpaired) electrons. The van der Waals surface area contributed by atoms with E-state index >= 15 is 0 Å². The molecule has 0 fully saturated rings. The SMILES string of the molecule is Cc1ccc(NC(=O)COC(=O)c2ccccc2C(=O)c2ccc(Cl)c([N+](=O)[O-])c2)cc1C. The first-order chi connectivity index (χ1) is 15.7. The molecule has 1 amide bonds. The predicted molar refractivity (Wildman–Crippen MR) is 123 cm³/mol. The highest BCUT2D eigenvalue weighted by Crippen LogP contribution is 2.27. The summed E-state index contributed by atoms with van der Waals surface area (Å²) in [6, 6.07) is 14.9. The molecule has 0 spiro atoms. The number of carbonyl (C=O) groups excluding carboxylic acids is 3. The molecule has 0 bridgehead atoms. The van der Waals surface area contributed by atoms with Gasteiger partial charge in [-0.25, -0.2) is 4.79 Å². The molecule has 0 aliphatic heterocycles. The zero-order valence-corrected chi connectivity index (χ0v) is 18.5. The molecule has 0 saturated heterocycles. The molecule has 0 unspecified atom stereocenters. The first-order valence-electron chi connectivity index (χ1n) is 9.79. The predicted octanol–water partition coefficient (Wildman–Crippen LogP) is 4.89. The summed E-state index contributed by atoms with van der Waals surface area (Å²) in [6.45, 7) is 3.30. The van der Waals surface area contributed by atoms with Gasteiger partial charge in [-0.3, -0.25) is 19.7 Å². The number of ether oxygens (including phenoxy) is 1. The van der Waals surface area contributed by atoms with Crippen LogP contribution in [0, 0.1) is 24.0 Å². The second kappa shape index (κ2) is 10.1. The number of ketones is 1. The summed E-state index contributed by atoms with van der Waals surface area (Å²) in [5.74, 6) is -2.04. The van der Waals surface area contributed by atoms with Gasteiger partial charge in [-0.1, -0.05) is 35.9 Å². The van der Waals surface area contributed by atoms with E-state index in [9.17, 15) is 24.5 Å². The van der Waals surface area contributed by atoms with Gasteiger partial charge in [-0.15, -0.1) is 0 Å². The minimum Gasteiger partial charge on any atom is -0.452 e. The minimum atomic E-state index is -0.877. The third-order valence-electron chi connectivity index (χ3n) is 4.92. The Morgan fingerprint density at radius 3 is 2.33 bits per heavy atom. The van der Waals surface area contributed by atoms with E-state index in [1.165, 1.54) is 30.3 Å². The molecular weight excluding hydrogens is 448 g/mol. The molecule has 3 aromatic carbocycles. The second-order valence-corrected chi connectivity index (χ2v) is 7.63. The number of esters is 1. The van der Waals surface area contributed by atoms with Crippen molar-refractivity contribution in [1.82, 2.24) is 0 Å². The fourth-order valence-corrected chi connectivity index (χ4v) is 3.22. The number of anilines is 1. The molecule has 0 heterocycles. The summed E-state index contributed by atoms with van der Waals surface area (Å²) < 4.78 is 5.09. The summed E-state index contributed by atoms with van der Waals surface area (Å²) in [4.78, 5) is 48.2. The van der Waals surface area contributed by atoms with Crippen molar-refractivity contribution in [1.29, 1.82) is 0 Å². The van der Waals surface area contributed by atoms with Crippen LogP contribution < -0.4 is 5.32 Å². The number of hydrogen-bond acceptors (Lipinski definition) is 6. The van der Waals surface area contributed by atoms with Crippen molar-refractivity contribution in [2.24, 2.45) is 0 Å². The Morgan fingerprint density at radius 1 is 0.970 bits per heavy atom. The van der Waals surface area contributed by atoms with Crippen LogP contribution >= 0.6 is 11.6 Å². The van der Waals surface area contributed by atoms with Crippen molar-refractivity contribution < 1.29 is 24.0 Å². The topological polar surface area (TPSA) is 116 Å². The molecule has 0 aliphatic rings. The number of halogens is 1. The summed E-state index contributed by atoms with van der Waals surface area (Å²) in [5, 5.41) is 13.7. The molecule has 168 valence electrons. The van der Waals surface area contributed by atoms with Crippen LogP contribution in [0.25, 0.3) is 0 Å². The van der Waals surface area contributed by atoms with Crippen LogP contribution in [0.5, 0.6) is 0 Å². The number of carbonyl (C=O) groups is 3. The number of nitrogens with zero attached hydrogens (tertiary/aromatic N) is 1. The molecular formula is C24H19ClN2O6. The molecule has 8 nitrogen and oxygen atoms in total. The minimum absolute atomic E-state index is 0.0150. The lowest BCUT2D eigenvalue weighted by Crippen LogP contribution is -2.22. The molecule has 9 heteroatoms. The quantitative estimate of drug-likeness (QED) is 0.229. The van der Waals surface area contributed by atoms with Crippen LogP contribution in [0.15, 0.2) is 60.7 Å². The zero-order valence-electron chi connectivity index (χ0n) is 17.8. The first-order valence-corrected chi connectivity index (χ1v) is 10.2. The van der Waals surface area contributed by atoms with Crippen LogP contribution in [-0.2, 0) is 9.53 Å². The summed E-state index contributed by atoms with van der Waals surface area (Å²) in [5.41, 5.74) is 2.11. The number of nitro groups is 1. The monoisotopic (exact) mass is 466 g/mol. The number of aryl methyl sites for hydroxylation is 2. The van der Waals surface area contributed by atoms with Gasteiger partial charge in [0, 0.05) is 22.9 Å². The lowest BCUT2D eigenvalue weighted by molar-refractivity contribution is -0.384. The smallest absolute Gasteiger partial charge is 0.339 e. The molecule has 33 heavy (non-hydrogen) atoms. The van der Waals surface area contributed by atoms with Crippen molar-refractivity contribution in [3.8, 4) is 0 Å². The molecule has 3 aromatic rings. The fraction of sp³-hybridized carbons (Fsp3) is 0.125. The third-order valence-corrected chi connectivity index (χ3v) is 5.24. The number of hydrogen-bond donors (Lipinski definition) is 1. The summed E-state index contributed by atoms with van der Waals surface area (Å²) in [7, 11) is 0. The van der Waals surface area contributed by atoms with Gasteiger partial charge in [0.25, 0.3) is 11.6 Å². The first kappa shape index (κ1) is 23.6. The van der Waals surface area contributed by atoms with Gasteiger partial charge in [-0.05, 0) is 55.3 Å². The molecule has 0 aromatic heterocycles. The normalized spacial score (nSPS) is 10.4. The largest absolute Gasteiger partial charge is 0.452 e. The number of amides is 1. The van der Waals surface area contributed by atoms with E-state index in [0.717, 1.165) is 17.2 Å². The highest BCUT2D eigenvalue weighted by atomic mass is 35.5. The molecule has 1 N–H and O–H groups in total. The Kier molecular flexibility index (Phi) is 7.20. The highest BCUT2D eigenvalue weighted by Gasteiger charge is 2.22. The van der Waals surface area contributed by atoms with Gasteiger partial charge >= 0.3 is 5.97 Å². The lowest BCUT2D eigenvalue weighted by Gasteiger charge is -2.10. The van der Waals surface area contributed by atoms with E-state index in [1.807, 2.05) is 19.9 Å². The van der Waals surface area contributed by atoms with Gasteiger partial charge in [0.05, 0.1) is 10.5 Å².